The lowest BCUT2D eigenvalue weighted by Gasteiger charge is -1.69. The molecule has 3 N–H and O–H groups in total. The lowest BCUT2D eigenvalue weighted by atomic mass is 10.3. The van der Waals surface area contributed by atoms with Gasteiger partial charge in [-0.15, -0.1) is 0 Å². The molecule has 0 atom stereocenters. The predicted octanol–water partition coefficient (Wildman–Crippen LogP) is -0.683. The first kappa shape index (κ1) is 11.1. The van der Waals surface area contributed by atoms with Crippen molar-refractivity contribution in [2.45, 2.75) is 6.92 Å². The second kappa shape index (κ2) is 10.3. The summed E-state index contributed by atoms with van der Waals surface area (Å²) in [7, 11) is -2.17. The van der Waals surface area contributed by atoms with Crippen molar-refractivity contribution in [3.05, 3.63) is 0 Å². The number of thioether (sulfide) groups is 1. The molecule has 0 heterocycles. The van der Waals surface area contributed by atoms with Crippen LogP contribution < -0.4 is 0 Å². The zero-order chi connectivity index (χ0) is 6.99. The van der Waals surface area contributed by atoms with Gasteiger partial charge in [-0.2, -0.15) is 11.8 Å². The quantitative estimate of drug-likeness (QED) is 0.420. The lowest BCUT2D eigenvalue weighted by Crippen LogP contribution is -2.07. The molecule has 8 heavy (non-hydrogen) atoms. The molecule has 0 aliphatic heterocycles. The molecular formula is C3H11BO3S. The SMILES string of the molecule is CCSC.OB(O)O. The van der Waals surface area contributed by atoms with E-state index in [1.807, 2.05) is 11.8 Å². The summed E-state index contributed by atoms with van der Waals surface area (Å²) in [6.07, 6.45) is 2.10. The lowest BCUT2D eigenvalue weighted by molar-refractivity contribution is 0.278. The fourth-order valence-electron chi connectivity index (χ4n) is 0. The van der Waals surface area contributed by atoms with Gasteiger partial charge in [0.1, 0.15) is 0 Å². The zero-order valence-corrected chi connectivity index (χ0v) is 5.85. The molecule has 0 aromatic carbocycles. The van der Waals surface area contributed by atoms with Gasteiger partial charge in [-0.1, -0.05) is 6.92 Å². The van der Waals surface area contributed by atoms with Crippen molar-refractivity contribution in [2.75, 3.05) is 12.0 Å². The molecule has 0 aliphatic rings. The van der Waals surface area contributed by atoms with Gasteiger partial charge in [0.2, 0.25) is 0 Å². The van der Waals surface area contributed by atoms with Crippen LogP contribution in [0.2, 0.25) is 0 Å². The van der Waals surface area contributed by atoms with Gasteiger partial charge >= 0.3 is 7.32 Å². The second-order valence-electron chi connectivity index (χ2n) is 0.924. The topological polar surface area (TPSA) is 60.7 Å². The summed E-state index contributed by atoms with van der Waals surface area (Å²) in [5.41, 5.74) is 0. The summed E-state index contributed by atoms with van der Waals surface area (Å²) in [6.45, 7) is 2.14. The van der Waals surface area contributed by atoms with Crippen molar-refractivity contribution in [1.29, 1.82) is 0 Å². The number of hydrogen-bond donors (Lipinski definition) is 3. The highest BCUT2D eigenvalue weighted by atomic mass is 32.2. The molecule has 0 radical (unpaired) electrons. The average molecular weight is 138 g/mol. The van der Waals surface area contributed by atoms with Gasteiger partial charge in [0.15, 0.2) is 0 Å². The van der Waals surface area contributed by atoms with E-state index in [2.05, 4.69) is 13.2 Å². The van der Waals surface area contributed by atoms with Gasteiger partial charge in [-0.05, 0) is 12.0 Å². The Balaban J connectivity index is 0. The normalized spacial score (nSPS) is 7.12. The van der Waals surface area contributed by atoms with E-state index >= 15 is 0 Å². The molecule has 0 aromatic rings. The van der Waals surface area contributed by atoms with Gasteiger partial charge in [-0.3, -0.25) is 0 Å². The molecule has 0 amide bonds. The molecule has 3 nitrogen and oxygen atoms in total. The zero-order valence-electron chi connectivity index (χ0n) is 5.03. The highest BCUT2D eigenvalue weighted by Gasteiger charge is 1.92. The molecule has 0 fully saturated rings. The van der Waals surface area contributed by atoms with E-state index in [4.69, 9.17) is 15.1 Å². The largest absolute Gasteiger partial charge is 0.631 e. The van der Waals surface area contributed by atoms with Gasteiger partial charge in [0.05, 0.1) is 0 Å². The maximum atomic E-state index is 7.17. The predicted molar refractivity (Wildman–Crippen MR) is 36.5 cm³/mol. The van der Waals surface area contributed by atoms with Crippen LogP contribution in [0.15, 0.2) is 0 Å². The Hall–Kier alpha value is 0.295. The summed E-state index contributed by atoms with van der Waals surface area (Å²) < 4.78 is 0. The number of hydrogen-bond acceptors (Lipinski definition) is 4. The minimum Gasteiger partial charge on any atom is -0.402 e. The van der Waals surface area contributed by atoms with Crippen LogP contribution in [0.4, 0.5) is 0 Å². The van der Waals surface area contributed by atoms with Crippen LogP contribution in [0.25, 0.3) is 0 Å². The van der Waals surface area contributed by atoms with Crippen LogP contribution in [-0.4, -0.2) is 34.4 Å². The first-order valence-electron chi connectivity index (χ1n) is 2.18. The first-order chi connectivity index (χ1) is 3.65. The molecule has 0 spiro atoms. The van der Waals surface area contributed by atoms with Crippen LogP contribution in [0.5, 0.6) is 0 Å². The Morgan fingerprint density at radius 3 is 1.50 bits per heavy atom. The second-order valence-corrected chi connectivity index (χ2v) is 2.08. The van der Waals surface area contributed by atoms with E-state index < -0.39 is 7.32 Å². The standard InChI is InChI=1S/C3H8S.BH3O3/c1-3-4-2;2-1(3)4/h3H2,1-2H3;2-4H. The number of rotatable bonds is 1. The van der Waals surface area contributed by atoms with Crippen molar-refractivity contribution in [1.82, 2.24) is 0 Å². The molecule has 0 saturated carbocycles. The first-order valence-corrected chi connectivity index (χ1v) is 3.57. The maximum Gasteiger partial charge on any atom is 0.631 e. The maximum absolute atomic E-state index is 7.17. The van der Waals surface area contributed by atoms with E-state index in [-0.39, 0.29) is 0 Å². The molecule has 0 unspecified atom stereocenters. The average Bonchev–Trinajstić information content (AvgIpc) is 1.65. The Morgan fingerprint density at radius 2 is 1.50 bits per heavy atom. The highest BCUT2D eigenvalue weighted by Crippen LogP contribution is 1.83. The van der Waals surface area contributed by atoms with Crippen molar-refractivity contribution in [3.8, 4) is 0 Å². The van der Waals surface area contributed by atoms with Gasteiger partial charge in [-0.25, -0.2) is 0 Å². The van der Waals surface area contributed by atoms with Crippen molar-refractivity contribution < 1.29 is 15.1 Å². The Morgan fingerprint density at radius 1 is 1.38 bits per heavy atom. The van der Waals surface area contributed by atoms with E-state index in [1.165, 1.54) is 5.75 Å². The highest BCUT2D eigenvalue weighted by molar-refractivity contribution is 7.98. The Labute approximate surface area is 53.9 Å². The van der Waals surface area contributed by atoms with Crippen LogP contribution in [-0.2, 0) is 0 Å². The minimum atomic E-state index is -2.17. The third-order valence-electron chi connectivity index (χ3n) is 0.289. The van der Waals surface area contributed by atoms with Gasteiger partial charge in [0.25, 0.3) is 0 Å². The molecule has 0 saturated heterocycles. The molecule has 5 heteroatoms. The fraction of sp³-hybridized carbons (Fsp3) is 1.00. The van der Waals surface area contributed by atoms with Crippen LogP contribution in [0.1, 0.15) is 6.92 Å². The van der Waals surface area contributed by atoms with E-state index in [9.17, 15) is 0 Å². The summed E-state index contributed by atoms with van der Waals surface area (Å²) in [5.74, 6) is 1.24. The van der Waals surface area contributed by atoms with E-state index in [1.54, 1.807) is 0 Å². The molecule has 0 aromatic heterocycles. The van der Waals surface area contributed by atoms with Crippen molar-refractivity contribution >= 4 is 19.1 Å². The van der Waals surface area contributed by atoms with Crippen LogP contribution in [0.3, 0.4) is 0 Å². The molecule has 0 bridgehead atoms. The van der Waals surface area contributed by atoms with Crippen LogP contribution >= 0.6 is 11.8 Å². The van der Waals surface area contributed by atoms with E-state index in [0.717, 1.165) is 0 Å². The third-order valence-corrected chi connectivity index (χ3v) is 0.866. The molecule has 0 aliphatic carbocycles. The smallest absolute Gasteiger partial charge is 0.402 e. The minimum absolute atomic E-state index is 1.24. The third kappa shape index (κ3) is 105. The van der Waals surface area contributed by atoms with Gasteiger partial charge in [0, 0.05) is 0 Å². The molecule has 0 rings (SSSR count). The summed E-state index contributed by atoms with van der Waals surface area (Å²) in [4.78, 5) is 0. The van der Waals surface area contributed by atoms with Crippen molar-refractivity contribution in [2.24, 2.45) is 0 Å². The summed E-state index contributed by atoms with van der Waals surface area (Å²) in [5, 5.41) is 21.5. The van der Waals surface area contributed by atoms with Gasteiger partial charge < -0.3 is 15.1 Å². The molecule has 50 valence electrons. The van der Waals surface area contributed by atoms with E-state index in [0.29, 0.717) is 0 Å². The van der Waals surface area contributed by atoms with Crippen LogP contribution in [0, 0.1) is 0 Å². The van der Waals surface area contributed by atoms with Crippen molar-refractivity contribution in [3.63, 3.8) is 0 Å². The fourth-order valence-corrected chi connectivity index (χ4v) is 0. The Bertz CT molecular complexity index is 31.0. The summed E-state index contributed by atoms with van der Waals surface area (Å²) >= 11 is 1.86. The molecular weight excluding hydrogens is 127 g/mol. The Kier molecular flexibility index (Phi) is 14.4. The summed E-state index contributed by atoms with van der Waals surface area (Å²) in [6, 6.07) is 0. The monoisotopic (exact) mass is 138 g/mol.